The minimum absolute atomic E-state index is 0.289. The fourth-order valence-corrected chi connectivity index (χ4v) is 2.95. The van der Waals surface area contributed by atoms with Gasteiger partial charge in [0.15, 0.2) is 0 Å². The minimum Gasteiger partial charge on any atom is -0.341 e. The van der Waals surface area contributed by atoms with E-state index in [2.05, 4.69) is 45.5 Å². The smallest absolute Gasteiger partial charge is 0.231 e. The normalized spacial score (nSPS) is 19.2. The maximum Gasteiger partial charge on any atom is 0.231 e. The van der Waals surface area contributed by atoms with Gasteiger partial charge in [-0.25, -0.2) is 0 Å². The van der Waals surface area contributed by atoms with Crippen LogP contribution in [0.1, 0.15) is 46.5 Å². The molecule has 1 aromatic heterocycles. The van der Waals surface area contributed by atoms with Gasteiger partial charge in [0.25, 0.3) is 0 Å². The average molecular weight is 298 g/mol. The predicted octanol–water partition coefficient (Wildman–Crippen LogP) is 3.14. The Balaban J connectivity index is 2.30. The second-order valence-corrected chi connectivity index (χ2v) is 5.47. The monoisotopic (exact) mass is 297 g/mol. The molecular formula is C14H24ClN5. The molecule has 2 rings (SSSR count). The number of nitrogens with zero attached hydrogens (tertiary/aromatic N) is 5. The Labute approximate surface area is 126 Å². The highest BCUT2D eigenvalue weighted by atomic mass is 35.5. The lowest BCUT2D eigenvalue weighted by atomic mass is 10.0. The van der Waals surface area contributed by atoms with Crippen molar-refractivity contribution in [3.8, 4) is 0 Å². The standard InChI is InChI=1S/C14H24ClN5/c1-4-11-9-7-8-10-20(11)14-17-12(15)16-13(18-14)19(5-2)6-3/h11H,4-10H2,1-3H3. The number of hydrogen-bond donors (Lipinski definition) is 0. The van der Waals surface area contributed by atoms with E-state index in [1.807, 2.05) is 0 Å². The van der Waals surface area contributed by atoms with Gasteiger partial charge in [-0.05, 0) is 51.1 Å². The molecule has 0 bridgehead atoms. The molecule has 5 nitrogen and oxygen atoms in total. The van der Waals surface area contributed by atoms with Gasteiger partial charge in [0, 0.05) is 25.7 Å². The van der Waals surface area contributed by atoms with E-state index in [0.717, 1.165) is 32.0 Å². The Morgan fingerprint density at radius 3 is 2.55 bits per heavy atom. The van der Waals surface area contributed by atoms with Crippen LogP contribution in [0, 0.1) is 0 Å². The van der Waals surface area contributed by atoms with E-state index in [1.54, 1.807) is 0 Å². The number of halogens is 1. The Hall–Kier alpha value is -1.10. The van der Waals surface area contributed by atoms with Crippen LogP contribution in [-0.2, 0) is 0 Å². The molecule has 1 unspecified atom stereocenters. The maximum absolute atomic E-state index is 6.10. The molecule has 1 fully saturated rings. The van der Waals surface area contributed by atoms with Crippen LogP contribution in [0.4, 0.5) is 11.9 Å². The molecule has 1 aliphatic rings. The first-order valence-corrected chi connectivity index (χ1v) is 8.00. The summed E-state index contributed by atoms with van der Waals surface area (Å²) in [6.07, 6.45) is 4.81. The highest BCUT2D eigenvalue weighted by Gasteiger charge is 2.24. The van der Waals surface area contributed by atoms with Crippen LogP contribution >= 0.6 is 11.6 Å². The summed E-state index contributed by atoms with van der Waals surface area (Å²) in [5, 5.41) is 0.289. The lowest BCUT2D eigenvalue weighted by molar-refractivity contribution is 0.442. The van der Waals surface area contributed by atoms with Crippen LogP contribution < -0.4 is 9.80 Å². The maximum atomic E-state index is 6.10. The van der Waals surface area contributed by atoms with Crippen molar-refractivity contribution >= 4 is 23.5 Å². The molecule has 1 aliphatic heterocycles. The molecule has 0 aliphatic carbocycles. The first kappa shape index (κ1) is 15.3. The van der Waals surface area contributed by atoms with Gasteiger partial charge in [0.1, 0.15) is 0 Å². The van der Waals surface area contributed by atoms with E-state index >= 15 is 0 Å². The molecule has 0 aromatic carbocycles. The highest BCUT2D eigenvalue weighted by molar-refractivity contribution is 6.28. The molecule has 0 spiro atoms. The SMILES string of the molecule is CCC1CCCCN1c1nc(Cl)nc(N(CC)CC)n1. The molecule has 112 valence electrons. The van der Waals surface area contributed by atoms with Gasteiger partial charge in [0.05, 0.1) is 0 Å². The largest absolute Gasteiger partial charge is 0.341 e. The van der Waals surface area contributed by atoms with Crippen LogP contribution in [0.25, 0.3) is 0 Å². The molecule has 0 amide bonds. The molecule has 20 heavy (non-hydrogen) atoms. The zero-order valence-electron chi connectivity index (χ0n) is 12.6. The Morgan fingerprint density at radius 2 is 1.90 bits per heavy atom. The van der Waals surface area contributed by atoms with Crippen molar-refractivity contribution in [1.82, 2.24) is 15.0 Å². The molecule has 6 heteroatoms. The number of piperidine rings is 1. The van der Waals surface area contributed by atoms with Crippen molar-refractivity contribution in [1.29, 1.82) is 0 Å². The Morgan fingerprint density at radius 1 is 1.15 bits per heavy atom. The second kappa shape index (κ2) is 7.07. The third-order valence-electron chi connectivity index (χ3n) is 3.99. The lowest BCUT2D eigenvalue weighted by Gasteiger charge is -2.35. The summed E-state index contributed by atoms with van der Waals surface area (Å²) in [4.78, 5) is 17.7. The number of rotatable bonds is 5. The third-order valence-corrected chi connectivity index (χ3v) is 4.16. The summed E-state index contributed by atoms with van der Waals surface area (Å²) < 4.78 is 0. The summed E-state index contributed by atoms with van der Waals surface area (Å²) in [7, 11) is 0. The van der Waals surface area contributed by atoms with Gasteiger partial charge in [-0.3, -0.25) is 0 Å². The van der Waals surface area contributed by atoms with Crippen LogP contribution in [0.2, 0.25) is 5.28 Å². The molecule has 0 radical (unpaired) electrons. The van der Waals surface area contributed by atoms with Gasteiger partial charge in [-0.2, -0.15) is 15.0 Å². The molecule has 1 atom stereocenters. The third kappa shape index (κ3) is 3.32. The van der Waals surface area contributed by atoms with Crippen molar-refractivity contribution < 1.29 is 0 Å². The highest BCUT2D eigenvalue weighted by Crippen LogP contribution is 2.25. The molecule has 2 heterocycles. The summed E-state index contributed by atoms with van der Waals surface area (Å²) >= 11 is 6.10. The summed E-state index contributed by atoms with van der Waals surface area (Å²) in [6, 6.07) is 0.520. The van der Waals surface area contributed by atoms with Gasteiger partial charge in [-0.1, -0.05) is 6.92 Å². The Kier molecular flexibility index (Phi) is 5.40. The van der Waals surface area contributed by atoms with Crippen molar-refractivity contribution in [3.05, 3.63) is 5.28 Å². The van der Waals surface area contributed by atoms with Crippen LogP contribution in [0.15, 0.2) is 0 Å². The van der Waals surface area contributed by atoms with Crippen LogP contribution in [0.5, 0.6) is 0 Å². The van der Waals surface area contributed by atoms with Crippen molar-refractivity contribution in [3.63, 3.8) is 0 Å². The van der Waals surface area contributed by atoms with Crippen molar-refractivity contribution in [2.24, 2.45) is 0 Å². The number of aromatic nitrogens is 3. The molecule has 1 aromatic rings. The summed E-state index contributed by atoms with van der Waals surface area (Å²) in [5.74, 6) is 1.42. The van der Waals surface area contributed by atoms with Crippen molar-refractivity contribution in [2.75, 3.05) is 29.4 Å². The lowest BCUT2D eigenvalue weighted by Crippen LogP contribution is -2.40. The zero-order chi connectivity index (χ0) is 14.5. The van der Waals surface area contributed by atoms with E-state index in [9.17, 15) is 0 Å². The van der Waals surface area contributed by atoms with Crippen molar-refractivity contribution in [2.45, 2.75) is 52.5 Å². The predicted molar refractivity (Wildman–Crippen MR) is 83.7 cm³/mol. The molecule has 0 saturated carbocycles. The quantitative estimate of drug-likeness (QED) is 0.835. The second-order valence-electron chi connectivity index (χ2n) is 5.13. The summed E-state index contributed by atoms with van der Waals surface area (Å²) in [6.45, 7) is 9.15. The fourth-order valence-electron chi connectivity index (χ4n) is 2.79. The van der Waals surface area contributed by atoms with E-state index < -0.39 is 0 Å². The molecule has 1 saturated heterocycles. The van der Waals surface area contributed by atoms with Crippen LogP contribution in [0.3, 0.4) is 0 Å². The van der Waals surface area contributed by atoms with E-state index in [-0.39, 0.29) is 5.28 Å². The minimum atomic E-state index is 0.289. The van der Waals surface area contributed by atoms with Gasteiger partial charge < -0.3 is 9.80 Å². The molecular weight excluding hydrogens is 274 g/mol. The topological polar surface area (TPSA) is 45.2 Å². The van der Waals surface area contributed by atoms with E-state index in [4.69, 9.17) is 11.6 Å². The van der Waals surface area contributed by atoms with Gasteiger partial charge in [0.2, 0.25) is 17.2 Å². The van der Waals surface area contributed by atoms with Gasteiger partial charge in [-0.15, -0.1) is 0 Å². The first-order valence-electron chi connectivity index (χ1n) is 7.62. The van der Waals surface area contributed by atoms with E-state index in [1.165, 1.54) is 19.3 Å². The van der Waals surface area contributed by atoms with Crippen LogP contribution in [-0.4, -0.2) is 40.6 Å². The number of anilines is 2. The van der Waals surface area contributed by atoms with E-state index in [0.29, 0.717) is 12.0 Å². The van der Waals surface area contributed by atoms with Gasteiger partial charge >= 0.3 is 0 Å². The number of hydrogen-bond acceptors (Lipinski definition) is 5. The average Bonchev–Trinajstić information content (AvgIpc) is 2.48. The first-order chi connectivity index (χ1) is 9.69. The zero-order valence-corrected chi connectivity index (χ0v) is 13.4. The summed E-state index contributed by atoms with van der Waals surface area (Å²) in [5.41, 5.74) is 0. The molecule has 0 N–H and O–H groups in total. The Bertz CT molecular complexity index is 436. The fraction of sp³-hybridized carbons (Fsp3) is 0.786.